The molecule has 18 heavy (non-hydrogen) atoms. The Morgan fingerprint density at radius 1 is 1.17 bits per heavy atom. The molecule has 0 spiro atoms. The minimum absolute atomic E-state index is 0.172. The molecule has 1 heterocycles. The van der Waals surface area contributed by atoms with Gasteiger partial charge < -0.3 is 5.11 Å². The lowest BCUT2D eigenvalue weighted by molar-refractivity contribution is -0.137. The van der Waals surface area contributed by atoms with E-state index in [1.165, 1.54) is 0 Å². The lowest BCUT2D eigenvalue weighted by Crippen LogP contribution is -2.03. The van der Waals surface area contributed by atoms with Crippen LogP contribution in [-0.2, 0) is 16.0 Å². The van der Waals surface area contributed by atoms with E-state index in [2.05, 4.69) is 20.9 Å². The SMILES string of the molecule is O=C(O)CCCCCC(=O)Cc1cncc(Br)c1. The maximum atomic E-state index is 11.7. The summed E-state index contributed by atoms with van der Waals surface area (Å²) in [6, 6.07) is 1.88. The molecule has 0 radical (unpaired) electrons. The summed E-state index contributed by atoms with van der Waals surface area (Å²) in [6.45, 7) is 0. The van der Waals surface area contributed by atoms with Crippen molar-refractivity contribution in [2.75, 3.05) is 0 Å². The molecule has 0 aliphatic rings. The number of aliphatic carboxylic acids is 1. The molecule has 0 aliphatic carbocycles. The Bertz CT molecular complexity index is 420. The van der Waals surface area contributed by atoms with Crippen LogP contribution in [0.2, 0.25) is 0 Å². The van der Waals surface area contributed by atoms with E-state index in [1.807, 2.05) is 6.07 Å². The van der Waals surface area contributed by atoms with Gasteiger partial charge in [0.1, 0.15) is 5.78 Å². The number of carboxylic acids is 1. The second-order valence-corrected chi connectivity index (χ2v) is 5.10. The van der Waals surface area contributed by atoms with Crippen LogP contribution in [0.5, 0.6) is 0 Å². The van der Waals surface area contributed by atoms with E-state index in [1.54, 1.807) is 12.4 Å². The van der Waals surface area contributed by atoms with Crippen molar-refractivity contribution in [2.24, 2.45) is 0 Å². The standard InChI is InChI=1S/C13H16BrNO3/c14-11-6-10(8-15-9-11)7-12(16)4-2-1-3-5-13(17)18/h6,8-9H,1-5,7H2,(H,17,18). The van der Waals surface area contributed by atoms with E-state index in [-0.39, 0.29) is 12.2 Å². The summed E-state index contributed by atoms with van der Waals surface area (Å²) in [4.78, 5) is 26.0. The highest BCUT2D eigenvalue weighted by molar-refractivity contribution is 9.10. The lowest BCUT2D eigenvalue weighted by Gasteiger charge is -2.01. The summed E-state index contributed by atoms with van der Waals surface area (Å²) >= 11 is 3.31. The third kappa shape index (κ3) is 6.49. The zero-order chi connectivity index (χ0) is 13.4. The van der Waals surface area contributed by atoms with Gasteiger partial charge in [-0.1, -0.05) is 6.42 Å². The maximum absolute atomic E-state index is 11.7. The van der Waals surface area contributed by atoms with Crippen molar-refractivity contribution in [1.29, 1.82) is 0 Å². The predicted octanol–water partition coefficient (Wildman–Crippen LogP) is 2.99. The number of carbonyl (C=O) groups is 2. The molecule has 0 saturated heterocycles. The zero-order valence-electron chi connectivity index (χ0n) is 10.1. The smallest absolute Gasteiger partial charge is 0.303 e. The summed E-state index contributed by atoms with van der Waals surface area (Å²) < 4.78 is 0.870. The van der Waals surface area contributed by atoms with E-state index in [0.717, 1.165) is 22.9 Å². The molecular weight excluding hydrogens is 298 g/mol. The normalized spacial score (nSPS) is 10.3. The molecule has 4 nitrogen and oxygen atoms in total. The van der Waals surface area contributed by atoms with Gasteiger partial charge in [0.05, 0.1) is 0 Å². The van der Waals surface area contributed by atoms with Crippen molar-refractivity contribution >= 4 is 27.7 Å². The van der Waals surface area contributed by atoms with Crippen molar-refractivity contribution in [3.63, 3.8) is 0 Å². The van der Waals surface area contributed by atoms with Gasteiger partial charge in [0.25, 0.3) is 0 Å². The molecule has 0 atom stereocenters. The number of ketones is 1. The number of halogens is 1. The van der Waals surface area contributed by atoms with Gasteiger partial charge in [-0.3, -0.25) is 14.6 Å². The van der Waals surface area contributed by atoms with Crippen LogP contribution in [0.15, 0.2) is 22.9 Å². The van der Waals surface area contributed by atoms with E-state index in [4.69, 9.17) is 5.11 Å². The monoisotopic (exact) mass is 313 g/mol. The van der Waals surface area contributed by atoms with Crippen molar-refractivity contribution in [1.82, 2.24) is 4.98 Å². The highest BCUT2D eigenvalue weighted by Gasteiger charge is 2.05. The Kier molecular flexibility index (Phi) is 6.57. The second-order valence-electron chi connectivity index (χ2n) is 4.18. The molecule has 5 heteroatoms. The third-order valence-corrected chi connectivity index (χ3v) is 2.94. The van der Waals surface area contributed by atoms with Crippen LogP contribution in [0, 0.1) is 0 Å². The Morgan fingerprint density at radius 2 is 1.89 bits per heavy atom. The van der Waals surface area contributed by atoms with Gasteiger partial charge in [-0.25, -0.2) is 0 Å². The number of Topliss-reactive ketones (excluding diaryl/α,β-unsaturated/α-hetero) is 1. The molecule has 0 unspecified atom stereocenters. The van der Waals surface area contributed by atoms with Crippen molar-refractivity contribution in [3.8, 4) is 0 Å². The third-order valence-electron chi connectivity index (χ3n) is 2.51. The highest BCUT2D eigenvalue weighted by atomic mass is 79.9. The number of carboxylic acid groups (broad SMARTS) is 1. The van der Waals surface area contributed by atoms with E-state index >= 15 is 0 Å². The van der Waals surface area contributed by atoms with Gasteiger partial charge in [-0.15, -0.1) is 0 Å². The molecule has 1 rings (SSSR count). The number of aromatic nitrogens is 1. The molecule has 1 N–H and O–H groups in total. The van der Waals surface area contributed by atoms with E-state index in [0.29, 0.717) is 19.3 Å². The van der Waals surface area contributed by atoms with Gasteiger partial charge >= 0.3 is 5.97 Å². The van der Waals surface area contributed by atoms with Gasteiger partial charge in [-0.2, -0.15) is 0 Å². The fourth-order valence-corrected chi connectivity index (χ4v) is 2.06. The molecule has 98 valence electrons. The minimum Gasteiger partial charge on any atom is -0.481 e. The first kappa shape index (κ1) is 14.8. The van der Waals surface area contributed by atoms with Crippen LogP contribution in [0.25, 0.3) is 0 Å². The Morgan fingerprint density at radius 3 is 2.56 bits per heavy atom. The number of nitrogens with zero attached hydrogens (tertiary/aromatic N) is 1. The fourth-order valence-electron chi connectivity index (χ4n) is 1.64. The first-order chi connectivity index (χ1) is 8.58. The van der Waals surface area contributed by atoms with Crippen LogP contribution in [0.1, 0.15) is 37.7 Å². The Balaban J connectivity index is 2.20. The zero-order valence-corrected chi connectivity index (χ0v) is 11.6. The topological polar surface area (TPSA) is 67.3 Å². The molecule has 1 aromatic heterocycles. The number of rotatable bonds is 8. The summed E-state index contributed by atoms with van der Waals surface area (Å²) in [6.07, 6.45) is 6.64. The van der Waals surface area contributed by atoms with Gasteiger partial charge in [0.15, 0.2) is 0 Å². The van der Waals surface area contributed by atoms with Gasteiger partial charge in [0.2, 0.25) is 0 Å². The summed E-state index contributed by atoms with van der Waals surface area (Å²) in [5.41, 5.74) is 0.903. The molecule has 0 fully saturated rings. The van der Waals surface area contributed by atoms with Gasteiger partial charge in [-0.05, 0) is 40.4 Å². The molecular formula is C13H16BrNO3. The molecule has 1 aromatic rings. The van der Waals surface area contributed by atoms with Crippen molar-refractivity contribution < 1.29 is 14.7 Å². The number of pyridine rings is 1. The summed E-state index contributed by atoms with van der Waals surface area (Å²) in [5.74, 6) is -0.605. The summed E-state index contributed by atoms with van der Waals surface area (Å²) in [5, 5.41) is 8.46. The largest absolute Gasteiger partial charge is 0.481 e. The fraction of sp³-hybridized carbons (Fsp3) is 0.462. The lowest BCUT2D eigenvalue weighted by atomic mass is 10.0. The number of unbranched alkanes of at least 4 members (excludes halogenated alkanes) is 2. The van der Waals surface area contributed by atoms with Crippen LogP contribution >= 0.6 is 15.9 Å². The quantitative estimate of drug-likeness (QED) is 0.749. The predicted molar refractivity (Wildman–Crippen MR) is 71.4 cm³/mol. The second kappa shape index (κ2) is 7.97. The average Bonchev–Trinajstić information content (AvgIpc) is 2.28. The van der Waals surface area contributed by atoms with E-state index in [9.17, 15) is 9.59 Å². The van der Waals surface area contributed by atoms with Gasteiger partial charge in [0, 0.05) is 36.1 Å². The number of carbonyl (C=O) groups excluding carboxylic acids is 1. The number of hydrogen-bond donors (Lipinski definition) is 1. The van der Waals surface area contributed by atoms with Crippen LogP contribution in [0.3, 0.4) is 0 Å². The Hall–Kier alpha value is -1.23. The first-order valence-corrected chi connectivity index (χ1v) is 6.70. The van der Waals surface area contributed by atoms with Crippen LogP contribution < -0.4 is 0 Å². The molecule has 0 aliphatic heterocycles. The summed E-state index contributed by atoms with van der Waals surface area (Å²) in [7, 11) is 0. The Labute approximate surface area is 115 Å². The van der Waals surface area contributed by atoms with Crippen LogP contribution in [-0.4, -0.2) is 21.8 Å². The molecule has 0 aromatic carbocycles. The molecule has 0 bridgehead atoms. The number of hydrogen-bond acceptors (Lipinski definition) is 3. The van der Waals surface area contributed by atoms with Crippen molar-refractivity contribution in [3.05, 3.63) is 28.5 Å². The highest BCUT2D eigenvalue weighted by Crippen LogP contribution is 2.12. The van der Waals surface area contributed by atoms with Crippen LogP contribution in [0.4, 0.5) is 0 Å². The van der Waals surface area contributed by atoms with Crippen molar-refractivity contribution in [2.45, 2.75) is 38.5 Å². The minimum atomic E-state index is -0.776. The average molecular weight is 314 g/mol. The molecule has 0 amide bonds. The molecule has 0 saturated carbocycles. The van der Waals surface area contributed by atoms with E-state index < -0.39 is 5.97 Å². The first-order valence-electron chi connectivity index (χ1n) is 5.91. The maximum Gasteiger partial charge on any atom is 0.303 e.